The van der Waals surface area contributed by atoms with E-state index in [1.807, 2.05) is 0 Å². The van der Waals surface area contributed by atoms with Gasteiger partial charge in [0, 0.05) is 25.8 Å². The highest BCUT2D eigenvalue weighted by Gasteiger charge is 2.41. The summed E-state index contributed by atoms with van der Waals surface area (Å²) >= 11 is 0. The van der Waals surface area contributed by atoms with E-state index in [-0.39, 0.29) is 4.09 Å². The normalized spacial score (nSPS) is 13.1. The zero-order valence-corrected chi connectivity index (χ0v) is 10.1. The van der Waals surface area contributed by atoms with Crippen molar-refractivity contribution < 1.29 is 31.6 Å². The molecule has 0 bridgehead atoms. The van der Waals surface area contributed by atoms with Gasteiger partial charge in [-0.05, 0) is 0 Å². The molecule has 1 heterocycles. The van der Waals surface area contributed by atoms with Gasteiger partial charge in [0.1, 0.15) is 0 Å². The summed E-state index contributed by atoms with van der Waals surface area (Å²) in [7, 11) is -4.54. The van der Waals surface area contributed by atoms with Crippen molar-refractivity contribution in [3.05, 3.63) is 11.9 Å². The van der Waals surface area contributed by atoms with Gasteiger partial charge in [-0.3, -0.25) is 0 Å². The van der Waals surface area contributed by atoms with E-state index < -0.39 is 34.7 Å². The Hall–Kier alpha value is -1.11. The molecule has 0 saturated heterocycles. The molecule has 1 aromatic rings. The van der Waals surface area contributed by atoms with Crippen LogP contribution >= 0.6 is 0 Å². The van der Waals surface area contributed by atoms with Crippen LogP contribution in [0, 0.1) is 0 Å². The van der Waals surface area contributed by atoms with Crippen LogP contribution < -0.4 is 5.46 Å². The third-order valence-electron chi connectivity index (χ3n) is 1.97. The summed E-state index contributed by atoms with van der Waals surface area (Å²) in [5.41, 5.74) is -2.70. The lowest BCUT2D eigenvalue weighted by molar-refractivity contribution is -0.140. The first-order valence-electron chi connectivity index (χ1n) is 4.44. The highest BCUT2D eigenvalue weighted by atomic mass is 32.2. The van der Waals surface area contributed by atoms with Gasteiger partial charge >= 0.3 is 23.5 Å². The van der Waals surface area contributed by atoms with Gasteiger partial charge in [0.05, 0.1) is 0 Å². The van der Waals surface area contributed by atoms with E-state index in [1.54, 1.807) is 0 Å². The molecule has 102 valence electrons. The number of rotatable bonds is 3. The van der Waals surface area contributed by atoms with Crippen LogP contribution in [0.4, 0.5) is 13.2 Å². The van der Waals surface area contributed by atoms with Crippen LogP contribution in [0.15, 0.2) is 6.20 Å². The summed E-state index contributed by atoms with van der Waals surface area (Å²) in [4.78, 5) is 0. The maximum Gasteiger partial charge on any atom is 0.492 e. The van der Waals surface area contributed by atoms with E-state index in [9.17, 15) is 21.6 Å². The molecule has 1 rings (SSSR count). The molecule has 0 saturated carbocycles. The summed E-state index contributed by atoms with van der Waals surface area (Å²) < 4.78 is 61.3. The summed E-state index contributed by atoms with van der Waals surface area (Å²) in [6, 6.07) is 0. The monoisotopic (exact) mass is 287 g/mol. The fourth-order valence-electron chi connectivity index (χ4n) is 1.06. The van der Waals surface area contributed by atoms with Crippen LogP contribution in [0.25, 0.3) is 0 Å². The molecular weight excluding hydrogens is 278 g/mol. The van der Waals surface area contributed by atoms with Crippen LogP contribution in [0.3, 0.4) is 0 Å². The Morgan fingerprint density at radius 1 is 1.39 bits per heavy atom. The Labute approximate surface area is 101 Å². The van der Waals surface area contributed by atoms with Crippen LogP contribution in [0.2, 0.25) is 0 Å². The molecule has 0 unspecified atom stereocenters. The first kappa shape index (κ1) is 15.0. The molecule has 0 amide bonds. The van der Waals surface area contributed by atoms with Crippen LogP contribution in [0.5, 0.6) is 0 Å². The maximum absolute atomic E-state index is 12.5. The fraction of sp³-hybridized carbons (Fsp3) is 0.500. The van der Waals surface area contributed by atoms with Crippen molar-refractivity contribution in [1.29, 1.82) is 0 Å². The van der Waals surface area contributed by atoms with Gasteiger partial charge in [-0.25, -0.2) is 0 Å². The van der Waals surface area contributed by atoms with Gasteiger partial charge in [-0.2, -0.15) is 35.1 Å². The molecule has 1 aromatic heterocycles. The topological polar surface area (TPSA) is 95.7 Å². The summed E-state index contributed by atoms with van der Waals surface area (Å²) in [6.07, 6.45) is -4.59. The van der Waals surface area contributed by atoms with Gasteiger partial charge in [0.25, 0.3) is 0 Å². The predicted octanol–water partition coefficient (Wildman–Crippen LogP) is -1.76. The molecule has 0 aliphatic rings. The van der Waals surface area contributed by atoms with Gasteiger partial charge in [-0.15, -0.1) is 0 Å². The molecule has 0 aromatic carbocycles. The van der Waals surface area contributed by atoms with Crippen molar-refractivity contribution in [1.82, 2.24) is 13.5 Å². The van der Waals surface area contributed by atoms with Crippen LogP contribution in [-0.2, 0) is 16.4 Å². The fourth-order valence-corrected chi connectivity index (χ4v) is 1.83. The number of aromatic nitrogens is 2. The highest BCUT2D eigenvalue weighted by Crippen LogP contribution is 2.26. The van der Waals surface area contributed by atoms with Crippen molar-refractivity contribution in [3.63, 3.8) is 0 Å². The van der Waals surface area contributed by atoms with E-state index in [2.05, 4.69) is 5.10 Å². The Balaban J connectivity index is 3.46. The molecule has 2 N–H and O–H groups in total. The molecule has 0 aliphatic heterocycles. The van der Waals surface area contributed by atoms with E-state index in [0.717, 1.165) is 14.1 Å². The average Bonchev–Trinajstić information content (AvgIpc) is 2.61. The number of nitrogens with zero attached hydrogens (tertiary/aromatic N) is 3. The second-order valence-corrected chi connectivity index (χ2v) is 5.47. The van der Waals surface area contributed by atoms with Gasteiger partial charge in [0.15, 0.2) is 5.69 Å². The van der Waals surface area contributed by atoms with Crippen molar-refractivity contribution in [2.24, 2.45) is 0 Å². The SMILES string of the molecule is CN(C)S(=O)(=O)n1cc(B(O)O)c(C(F)(F)F)n1. The predicted molar refractivity (Wildman–Crippen MR) is 55.1 cm³/mol. The van der Waals surface area contributed by atoms with E-state index >= 15 is 0 Å². The first-order chi connectivity index (χ1) is 7.98. The number of hydrogen-bond donors (Lipinski definition) is 2. The van der Waals surface area contributed by atoms with Crippen molar-refractivity contribution in [2.45, 2.75) is 6.18 Å². The van der Waals surface area contributed by atoms with Crippen LogP contribution in [-0.4, -0.2) is 53.2 Å². The van der Waals surface area contributed by atoms with Crippen molar-refractivity contribution in [3.8, 4) is 0 Å². The minimum atomic E-state index is -4.99. The lowest BCUT2D eigenvalue weighted by Gasteiger charge is -2.10. The quantitative estimate of drug-likeness (QED) is 0.642. The lowest BCUT2D eigenvalue weighted by atomic mass is 9.80. The first-order valence-corrected chi connectivity index (χ1v) is 5.83. The van der Waals surface area contributed by atoms with Gasteiger partial charge < -0.3 is 10.0 Å². The molecule has 0 radical (unpaired) electrons. The minimum absolute atomic E-state index is 0.0323. The number of halogens is 3. The second-order valence-electron chi connectivity index (χ2n) is 3.47. The van der Waals surface area contributed by atoms with Gasteiger partial charge in [-0.1, -0.05) is 0 Å². The Morgan fingerprint density at radius 2 is 1.89 bits per heavy atom. The summed E-state index contributed by atoms with van der Waals surface area (Å²) in [6.45, 7) is 0. The maximum atomic E-state index is 12.5. The Kier molecular flexibility index (Phi) is 3.77. The molecule has 0 fully saturated rings. The van der Waals surface area contributed by atoms with E-state index in [4.69, 9.17) is 10.0 Å². The average molecular weight is 287 g/mol. The molecular formula is C6H9BF3N3O4S. The smallest absolute Gasteiger partial charge is 0.423 e. The minimum Gasteiger partial charge on any atom is -0.423 e. The largest absolute Gasteiger partial charge is 0.492 e. The van der Waals surface area contributed by atoms with E-state index in [1.165, 1.54) is 0 Å². The van der Waals surface area contributed by atoms with Crippen molar-refractivity contribution >= 4 is 22.8 Å². The molecule has 18 heavy (non-hydrogen) atoms. The molecule has 7 nitrogen and oxygen atoms in total. The molecule has 12 heteroatoms. The third-order valence-corrected chi connectivity index (χ3v) is 3.55. The molecule has 0 spiro atoms. The Morgan fingerprint density at radius 3 is 2.17 bits per heavy atom. The van der Waals surface area contributed by atoms with E-state index in [0.29, 0.717) is 10.5 Å². The zero-order chi connectivity index (χ0) is 14.3. The number of hydrogen-bond acceptors (Lipinski definition) is 5. The zero-order valence-electron chi connectivity index (χ0n) is 9.25. The van der Waals surface area contributed by atoms with Crippen LogP contribution in [0.1, 0.15) is 5.69 Å². The number of alkyl halides is 3. The Bertz CT molecular complexity index is 539. The molecule has 0 atom stereocenters. The lowest BCUT2D eigenvalue weighted by Crippen LogP contribution is -2.34. The third kappa shape index (κ3) is 2.66. The van der Waals surface area contributed by atoms with Crippen molar-refractivity contribution in [2.75, 3.05) is 14.1 Å². The second kappa shape index (κ2) is 4.53. The summed E-state index contributed by atoms with van der Waals surface area (Å²) in [5, 5.41) is 20.4. The molecule has 0 aliphatic carbocycles. The summed E-state index contributed by atoms with van der Waals surface area (Å²) in [5.74, 6) is 0. The standard InChI is InChI=1S/C6H9BF3N3O4S/c1-12(2)18(16,17)13-3-4(7(14)15)5(11-13)6(8,9)10/h3,14-15H,1-2H3. The van der Waals surface area contributed by atoms with Gasteiger partial charge in [0.2, 0.25) is 0 Å². The highest BCUT2D eigenvalue weighted by molar-refractivity contribution is 7.87.